The van der Waals surface area contributed by atoms with Crippen molar-refractivity contribution in [3.8, 4) is 0 Å². The van der Waals surface area contributed by atoms with E-state index in [1.165, 1.54) is 0 Å². The van der Waals surface area contributed by atoms with Crippen LogP contribution in [-0.2, 0) is 0 Å². The zero-order chi connectivity index (χ0) is 16.1. The van der Waals surface area contributed by atoms with E-state index in [0.717, 1.165) is 34.6 Å². The van der Waals surface area contributed by atoms with Crippen molar-refractivity contribution in [3.05, 3.63) is 0 Å². The van der Waals surface area contributed by atoms with Crippen molar-refractivity contribution in [2.75, 3.05) is 0 Å². The first-order valence-electron chi connectivity index (χ1n) is 5.88. The van der Waals surface area contributed by atoms with Crippen molar-refractivity contribution >= 4 is 7.85 Å². The van der Waals surface area contributed by atoms with Crippen LogP contribution in [0.2, 0.25) is 5.31 Å². The van der Waals surface area contributed by atoms with Crippen molar-refractivity contribution in [2.24, 2.45) is 11.1 Å². The Kier molecular flexibility index (Phi) is 4.52. The third kappa shape index (κ3) is 2.90. The Hall–Kier alpha value is -0.325. The molecule has 19 heavy (non-hydrogen) atoms. The third-order valence-corrected chi connectivity index (χ3v) is 4.06. The van der Waals surface area contributed by atoms with E-state index in [2.05, 4.69) is 0 Å². The molecule has 0 bridgehead atoms. The summed E-state index contributed by atoms with van der Waals surface area (Å²) in [6.45, 7) is 5.12. The molecule has 0 heterocycles. The Balaban J connectivity index is 5.70. The second-order valence-electron chi connectivity index (χ2n) is 6.52. The SMILES string of the molecule is [B][C@](C)(C(C)(F)F)C(C)(C)C(F)C(F)(F)C(C)(C)N. The normalized spacial score (nSPS) is 20.0. The maximum atomic E-state index is 14.2. The van der Waals surface area contributed by atoms with Crippen molar-refractivity contribution in [2.45, 2.75) is 70.4 Å². The van der Waals surface area contributed by atoms with Gasteiger partial charge in [0, 0.05) is 10.7 Å². The topological polar surface area (TPSA) is 26.0 Å². The molecule has 112 valence electrons. The minimum absolute atomic E-state index is 0.479. The quantitative estimate of drug-likeness (QED) is 0.604. The predicted molar refractivity (Wildman–Crippen MR) is 66.6 cm³/mol. The second-order valence-corrected chi connectivity index (χ2v) is 6.52. The number of hydrogen-bond acceptors (Lipinski definition) is 1. The van der Waals surface area contributed by atoms with Gasteiger partial charge in [0.15, 0.2) is 6.17 Å². The molecular weight excluding hydrogens is 264 g/mol. The molecule has 7 heteroatoms. The van der Waals surface area contributed by atoms with Gasteiger partial charge in [-0.3, -0.25) is 0 Å². The lowest BCUT2D eigenvalue weighted by atomic mass is 9.49. The molecule has 0 aliphatic carbocycles. The van der Waals surface area contributed by atoms with Crippen molar-refractivity contribution in [1.82, 2.24) is 0 Å². The van der Waals surface area contributed by atoms with Gasteiger partial charge in [0.25, 0.3) is 5.92 Å². The fourth-order valence-corrected chi connectivity index (χ4v) is 1.61. The van der Waals surface area contributed by atoms with Crippen molar-refractivity contribution in [3.63, 3.8) is 0 Å². The molecular formula is C12H21BF5N. The Morgan fingerprint density at radius 3 is 1.42 bits per heavy atom. The van der Waals surface area contributed by atoms with Crippen LogP contribution in [0, 0.1) is 5.41 Å². The van der Waals surface area contributed by atoms with Crippen LogP contribution >= 0.6 is 0 Å². The zero-order valence-corrected chi connectivity index (χ0v) is 12.1. The molecule has 0 aliphatic rings. The molecule has 0 amide bonds. The van der Waals surface area contributed by atoms with E-state index >= 15 is 0 Å². The fraction of sp³-hybridized carbons (Fsp3) is 1.00. The molecule has 0 rings (SSSR count). The van der Waals surface area contributed by atoms with E-state index in [0.29, 0.717) is 6.92 Å². The molecule has 0 spiro atoms. The van der Waals surface area contributed by atoms with E-state index in [9.17, 15) is 22.0 Å². The van der Waals surface area contributed by atoms with Crippen LogP contribution in [-0.4, -0.2) is 31.4 Å². The highest BCUT2D eigenvalue weighted by Gasteiger charge is 2.64. The Bertz CT molecular complexity index is 328. The molecule has 0 aromatic heterocycles. The Labute approximate surface area is 112 Å². The lowest BCUT2D eigenvalue weighted by Crippen LogP contribution is -2.62. The fourth-order valence-electron chi connectivity index (χ4n) is 1.61. The third-order valence-electron chi connectivity index (χ3n) is 4.06. The van der Waals surface area contributed by atoms with Gasteiger partial charge in [-0.2, -0.15) is 0 Å². The van der Waals surface area contributed by atoms with Gasteiger partial charge in [0.05, 0.1) is 13.4 Å². The molecule has 0 aliphatic heterocycles. The van der Waals surface area contributed by atoms with Gasteiger partial charge < -0.3 is 5.73 Å². The van der Waals surface area contributed by atoms with Crippen molar-refractivity contribution < 1.29 is 22.0 Å². The van der Waals surface area contributed by atoms with E-state index in [1.807, 2.05) is 0 Å². The molecule has 2 radical (unpaired) electrons. The summed E-state index contributed by atoms with van der Waals surface area (Å²) in [5.74, 6) is -7.53. The summed E-state index contributed by atoms with van der Waals surface area (Å²) in [6, 6.07) is 0. The van der Waals surface area contributed by atoms with E-state index in [1.54, 1.807) is 0 Å². The number of nitrogens with two attached hydrogens (primary N) is 1. The molecule has 1 unspecified atom stereocenters. The molecule has 2 N–H and O–H groups in total. The van der Waals surface area contributed by atoms with Gasteiger partial charge in [0.2, 0.25) is 5.92 Å². The summed E-state index contributed by atoms with van der Waals surface area (Å²) < 4.78 is 69.1. The van der Waals surface area contributed by atoms with Crippen molar-refractivity contribution in [1.29, 1.82) is 0 Å². The monoisotopic (exact) mass is 285 g/mol. The van der Waals surface area contributed by atoms with Crippen LogP contribution in [0.1, 0.15) is 41.5 Å². The van der Waals surface area contributed by atoms with Crippen LogP contribution in [0.5, 0.6) is 0 Å². The van der Waals surface area contributed by atoms with Gasteiger partial charge in [-0.25, -0.2) is 22.0 Å². The van der Waals surface area contributed by atoms with Crippen LogP contribution in [0.3, 0.4) is 0 Å². The second kappa shape index (κ2) is 4.60. The average Bonchev–Trinajstić information content (AvgIpc) is 2.12. The summed E-state index contributed by atoms with van der Waals surface area (Å²) in [5, 5.41) is -2.46. The van der Waals surface area contributed by atoms with Gasteiger partial charge >= 0.3 is 0 Å². The first-order chi connectivity index (χ1) is 7.90. The van der Waals surface area contributed by atoms with Gasteiger partial charge in [-0.15, -0.1) is 0 Å². The predicted octanol–water partition coefficient (Wildman–Crippen LogP) is 3.73. The van der Waals surface area contributed by atoms with Gasteiger partial charge in [-0.05, 0) is 20.8 Å². The van der Waals surface area contributed by atoms with E-state index in [4.69, 9.17) is 13.6 Å². The Morgan fingerprint density at radius 1 is 0.895 bits per heavy atom. The van der Waals surface area contributed by atoms with Crippen LogP contribution in [0.15, 0.2) is 0 Å². The molecule has 2 atom stereocenters. The van der Waals surface area contributed by atoms with Gasteiger partial charge in [-0.1, -0.05) is 20.8 Å². The summed E-state index contributed by atoms with van der Waals surface area (Å²) in [4.78, 5) is 0. The number of alkyl halides is 5. The molecule has 1 nitrogen and oxygen atoms in total. The summed E-state index contributed by atoms with van der Waals surface area (Å²) in [6.07, 6.45) is -2.92. The van der Waals surface area contributed by atoms with Crippen LogP contribution < -0.4 is 5.73 Å². The first kappa shape index (κ1) is 18.7. The molecule has 0 aromatic rings. The lowest BCUT2D eigenvalue weighted by molar-refractivity contribution is -0.183. The minimum atomic E-state index is -4.00. The molecule has 0 saturated carbocycles. The zero-order valence-electron chi connectivity index (χ0n) is 12.1. The highest BCUT2D eigenvalue weighted by Crippen LogP contribution is 2.58. The lowest BCUT2D eigenvalue weighted by Gasteiger charge is -2.50. The van der Waals surface area contributed by atoms with Crippen LogP contribution in [0.4, 0.5) is 22.0 Å². The van der Waals surface area contributed by atoms with E-state index in [-0.39, 0.29) is 0 Å². The standard InChI is InChI=1S/C12H21BF5N/c1-8(2,10(5,13)11(6,15)16)7(14)12(17,18)9(3,4)19/h7H,19H2,1-6H3/t7?,10-/m0/s1. The number of rotatable bonds is 5. The minimum Gasteiger partial charge on any atom is -0.320 e. The first-order valence-corrected chi connectivity index (χ1v) is 5.88. The average molecular weight is 285 g/mol. The summed E-state index contributed by atoms with van der Waals surface area (Å²) >= 11 is 0. The Morgan fingerprint density at radius 2 is 1.21 bits per heavy atom. The largest absolute Gasteiger partial charge is 0.320 e. The highest BCUT2D eigenvalue weighted by molar-refractivity contribution is 6.16. The summed E-state index contributed by atoms with van der Waals surface area (Å²) in [5.41, 5.74) is 0.864. The molecule has 0 aromatic carbocycles. The number of hydrogen-bond donors (Lipinski definition) is 1. The van der Waals surface area contributed by atoms with Crippen LogP contribution in [0.25, 0.3) is 0 Å². The van der Waals surface area contributed by atoms with Gasteiger partial charge in [0.1, 0.15) is 0 Å². The maximum absolute atomic E-state index is 14.2. The number of halogens is 5. The summed E-state index contributed by atoms with van der Waals surface area (Å²) in [7, 11) is 5.45. The smallest absolute Gasteiger partial charge is 0.296 e. The molecule has 0 saturated heterocycles. The highest BCUT2D eigenvalue weighted by atomic mass is 19.3. The van der Waals surface area contributed by atoms with E-state index < -0.39 is 34.3 Å². The maximum Gasteiger partial charge on any atom is 0.296 e. The molecule has 0 fully saturated rings.